The molecular weight excluding hydrogens is 334 g/mol. The van der Waals surface area contributed by atoms with Gasteiger partial charge in [-0.1, -0.05) is 49.6 Å². The van der Waals surface area contributed by atoms with E-state index >= 15 is 0 Å². The average molecular weight is 364 g/mol. The second-order valence-electron chi connectivity index (χ2n) is 8.34. The molecule has 3 atom stereocenters. The van der Waals surface area contributed by atoms with E-state index in [-0.39, 0.29) is 6.10 Å². The van der Waals surface area contributed by atoms with Crippen LogP contribution in [0.15, 0.2) is 48.5 Å². The van der Waals surface area contributed by atoms with Crippen LogP contribution < -0.4 is 10.1 Å². The van der Waals surface area contributed by atoms with Crippen molar-refractivity contribution in [1.29, 1.82) is 0 Å². The SMILES string of the molecule is c1ccc(COc2ccc3c(c2)[C@H]2OCC[C@H]2C(C2CCCCC2)N3)cc1. The number of hydrogen-bond acceptors (Lipinski definition) is 3. The van der Waals surface area contributed by atoms with Crippen molar-refractivity contribution in [3.63, 3.8) is 0 Å². The van der Waals surface area contributed by atoms with Gasteiger partial charge >= 0.3 is 0 Å². The highest BCUT2D eigenvalue weighted by Gasteiger charge is 2.43. The van der Waals surface area contributed by atoms with E-state index < -0.39 is 0 Å². The third-order valence-electron chi connectivity index (χ3n) is 6.66. The molecule has 5 rings (SSSR count). The van der Waals surface area contributed by atoms with Gasteiger partial charge in [0.15, 0.2) is 0 Å². The Bertz CT molecular complexity index is 769. The Morgan fingerprint density at radius 2 is 1.81 bits per heavy atom. The van der Waals surface area contributed by atoms with Crippen LogP contribution in [0.2, 0.25) is 0 Å². The van der Waals surface area contributed by atoms with Gasteiger partial charge in [0.1, 0.15) is 12.4 Å². The summed E-state index contributed by atoms with van der Waals surface area (Å²) in [7, 11) is 0. The summed E-state index contributed by atoms with van der Waals surface area (Å²) in [5, 5.41) is 3.90. The second kappa shape index (κ2) is 7.55. The largest absolute Gasteiger partial charge is 0.489 e. The first-order valence-electron chi connectivity index (χ1n) is 10.6. The molecule has 3 heteroatoms. The number of fused-ring (bicyclic) bond motifs is 3. The zero-order chi connectivity index (χ0) is 18.1. The first-order chi connectivity index (χ1) is 13.4. The molecule has 1 saturated heterocycles. The molecule has 0 aromatic heterocycles. The molecule has 2 fully saturated rings. The molecule has 0 spiro atoms. The minimum atomic E-state index is 0.230. The lowest BCUT2D eigenvalue weighted by atomic mass is 9.73. The fraction of sp³-hybridized carbons (Fsp3) is 0.500. The number of hydrogen-bond donors (Lipinski definition) is 1. The number of benzene rings is 2. The molecular formula is C24H29NO2. The maximum absolute atomic E-state index is 6.23. The van der Waals surface area contributed by atoms with Crippen LogP contribution >= 0.6 is 0 Å². The average Bonchev–Trinajstić information content (AvgIpc) is 3.23. The lowest BCUT2D eigenvalue weighted by molar-refractivity contribution is 0.0729. The van der Waals surface area contributed by atoms with Crippen molar-refractivity contribution < 1.29 is 9.47 Å². The number of ether oxygens (including phenoxy) is 2. The van der Waals surface area contributed by atoms with Crippen molar-refractivity contribution in [3.05, 3.63) is 59.7 Å². The highest BCUT2D eigenvalue weighted by atomic mass is 16.5. The lowest BCUT2D eigenvalue weighted by Crippen LogP contribution is -2.42. The fourth-order valence-electron chi connectivity index (χ4n) is 5.28. The Kier molecular flexibility index (Phi) is 4.79. The molecule has 142 valence electrons. The monoisotopic (exact) mass is 363 g/mol. The summed E-state index contributed by atoms with van der Waals surface area (Å²) in [5.74, 6) is 2.34. The summed E-state index contributed by atoms with van der Waals surface area (Å²) < 4.78 is 12.3. The normalized spacial score (nSPS) is 27.5. The van der Waals surface area contributed by atoms with Crippen molar-refractivity contribution in [2.24, 2.45) is 11.8 Å². The molecule has 3 nitrogen and oxygen atoms in total. The molecule has 3 aliphatic rings. The van der Waals surface area contributed by atoms with Crippen LogP contribution in [0.4, 0.5) is 5.69 Å². The standard InChI is InChI=1S/C24H29NO2/c1-3-7-17(8-4-1)16-27-19-11-12-22-21(15-19)24-20(13-14-26-24)23(25-22)18-9-5-2-6-10-18/h1,3-4,7-8,11-12,15,18,20,23-25H,2,5-6,9-10,13-14,16H2/t20-,23?,24-/m0/s1. The van der Waals surface area contributed by atoms with E-state index in [1.165, 1.54) is 55.3 Å². The molecule has 0 bridgehead atoms. The van der Waals surface area contributed by atoms with Crippen LogP contribution in [0.3, 0.4) is 0 Å². The van der Waals surface area contributed by atoms with Gasteiger partial charge in [0.2, 0.25) is 0 Å². The summed E-state index contributed by atoms with van der Waals surface area (Å²) in [5.41, 5.74) is 3.73. The Morgan fingerprint density at radius 1 is 0.963 bits per heavy atom. The number of rotatable bonds is 4. The van der Waals surface area contributed by atoms with Gasteiger partial charge in [-0.05, 0) is 48.9 Å². The Labute approximate surface area is 162 Å². The van der Waals surface area contributed by atoms with Crippen molar-refractivity contribution in [3.8, 4) is 5.75 Å². The van der Waals surface area contributed by atoms with E-state index in [1.54, 1.807) is 0 Å². The van der Waals surface area contributed by atoms with Gasteiger partial charge in [0, 0.05) is 29.8 Å². The zero-order valence-corrected chi connectivity index (χ0v) is 15.9. The van der Waals surface area contributed by atoms with Crippen LogP contribution in [-0.4, -0.2) is 12.6 Å². The van der Waals surface area contributed by atoms with Crippen LogP contribution in [0, 0.1) is 11.8 Å². The van der Waals surface area contributed by atoms with E-state index in [4.69, 9.17) is 9.47 Å². The van der Waals surface area contributed by atoms with Crippen molar-refractivity contribution >= 4 is 5.69 Å². The quantitative estimate of drug-likeness (QED) is 0.754. The topological polar surface area (TPSA) is 30.5 Å². The van der Waals surface area contributed by atoms with Crippen molar-refractivity contribution in [2.45, 2.75) is 57.3 Å². The smallest absolute Gasteiger partial charge is 0.120 e. The molecule has 2 aliphatic heterocycles. The van der Waals surface area contributed by atoms with Gasteiger partial charge in [-0.2, -0.15) is 0 Å². The fourth-order valence-corrected chi connectivity index (χ4v) is 5.28. The summed E-state index contributed by atoms with van der Waals surface area (Å²) >= 11 is 0. The molecule has 0 amide bonds. The maximum atomic E-state index is 6.23. The first-order valence-corrected chi connectivity index (χ1v) is 10.6. The highest BCUT2D eigenvalue weighted by Crippen LogP contribution is 2.49. The van der Waals surface area contributed by atoms with E-state index in [0.29, 0.717) is 18.6 Å². The predicted octanol–water partition coefficient (Wildman–Crippen LogP) is 5.72. The Balaban J connectivity index is 1.36. The Hall–Kier alpha value is -2.00. The summed E-state index contributed by atoms with van der Waals surface area (Å²) in [6, 6.07) is 17.4. The van der Waals surface area contributed by atoms with Crippen LogP contribution in [0.25, 0.3) is 0 Å². The van der Waals surface area contributed by atoms with E-state index in [2.05, 4.69) is 47.8 Å². The van der Waals surface area contributed by atoms with Gasteiger partial charge in [0.05, 0.1) is 6.10 Å². The molecule has 1 aliphatic carbocycles. The number of nitrogens with one attached hydrogen (secondary N) is 1. The predicted molar refractivity (Wildman–Crippen MR) is 108 cm³/mol. The van der Waals surface area contributed by atoms with E-state index in [1.807, 2.05) is 6.07 Å². The van der Waals surface area contributed by atoms with Crippen LogP contribution in [0.5, 0.6) is 5.75 Å². The lowest BCUT2D eigenvalue weighted by Gasteiger charge is -2.42. The molecule has 27 heavy (non-hydrogen) atoms. The minimum absolute atomic E-state index is 0.230. The van der Waals surface area contributed by atoms with Crippen molar-refractivity contribution in [2.75, 3.05) is 11.9 Å². The summed E-state index contributed by atoms with van der Waals surface area (Å²) in [6.45, 7) is 1.49. The van der Waals surface area contributed by atoms with Gasteiger partial charge < -0.3 is 14.8 Å². The van der Waals surface area contributed by atoms with Gasteiger partial charge in [-0.15, -0.1) is 0 Å². The maximum Gasteiger partial charge on any atom is 0.120 e. The van der Waals surface area contributed by atoms with E-state index in [9.17, 15) is 0 Å². The molecule has 1 saturated carbocycles. The highest BCUT2D eigenvalue weighted by molar-refractivity contribution is 5.58. The zero-order valence-electron chi connectivity index (χ0n) is 15.9. The van der Waals surface area contributed by atoms with Gasteiger partial charge in [0.25, 0.3) is 0 Å². The number of anilines is 1. The third kappa shape index (κ3) is 3.45. The first kappa shape index (κ1) is 17.1. The Morgan fingerprint density at radius 3 is 2.67 bits per heavy atom. The molecule has 1 N–H and O–H groups in total. The minimum Gasteiger partial charge on any atom is -0.489 e. The van der Waals surface area contributed by atoms with Crippen LogP contribution in [0.1, 0.15) is 55.8 Å². The molecule has 1 unspecified atom stereocenters. The van der Waals surface area contributed by atoms with E-state index in [0.717, 1.165) is 18.3 Å². The van der Waals surface area contributed by atoms with Gasteiger partial charge in [-0.25, -0.2) is 0 Å². The molecule has 2 aromatic rings. The molecule has 0 radical (unpaired) electrons. The van der Waals surface area contributed by atoms with Crippen molar-refractivity contribution in [1.82, 2.24) is 0 Å². The summed E-state index contributed by atoms with van der Waals surface area (Å²) in [4.78, 5) is 0. The van der Waals surface area contributed by atoms with Gasteiger partial charge in [-0.3, -0.25) is 0 Å². The molecule has 2 heterocycles. The van der Waals surface area contributed by atoms with Crippen LogP contribution in [-0.2, 0) is 11.3 Å². The summed E-state index contributed by atoms with van der Waals surface area (Å²) in [6.07, 6.45) is 8.33. The second-order valence-corrected chi connectivity index (χ2v) is 8.34. The third-order valence-corrected chi connectivity index (χ3v) is 6.66. The molecule has 2 aromatic carbocycles.